The molecule has 1 aliphatic heterocycles. The van der Waals surface area contributed by atoms with Crippen molar-refractivity contribution >= 4 is 11.6 Å². The van der Waals surface area contributed by atoms with E-state index in [0.717, 1.165) is 56.5 Å². The molecule has 0 aromatic carbocycles. The lowest BCUT2D eigenvalue weighted by atomic mass is 10.00. The van der Waals surface area contributed by atoms with Gasteiger partial charge in [0.05, 0.1) is 11.3 Å². The van der Waals surface area contributed by atoms with Crippen molar-refractivity contribution in [3.05, 3.63) is 35.8 Å². The van der Waals surface area contributed by atoms with Gasteiger partial charge in [-0.2, -0.15) is 0 Å². The molecule has 1 atom stereocenters. The summed E-state index contributed by atoms with van der Waals surface area (Å²) in [6.07, 6.45) is 6.85. The lowest BCUT2D eigenvalue weighted by molar-refractivity contribution is 0.0674. The molecule has 0 spiro atoms. The highest BCUT2D eigenvalue weighted by Gasteiger charge is 2.26. The maximum atomic E-state index is 13.0. The number of hydrogen-bond acceptors (Lipinski definition) is 4. The first kappa shape index (κ1) is 19.8. The van der Waals surface area contributed by atoms with E-state index in [1.54, 1.807) is 0 Å². The Labute approximate surface area is 161 Å². The second-order valence-electron chi connectivity index (χ2n) is 8.32. The number of nitrogens with zero attached hydrogens (tertiary/aromatic N) is 3. The maximum Gasteiger partial charge on any atom is 0.274 e. The summed E-state index contributed by atoms with van der Waals surface area (Å²) in [6, 6.07) is 6.16. The number of aromatic nitrogens is 2. The molecular formula is C21H32N4O2. The number of nitrogens with one attached hydrogen (secondary N) is 1. The van der Waals surface area contributed by atoms with E-state index in [1.165, 1.54) is 0 Å². The van der Waals surface area contributed by atoms with E-state index in [-0.39, 0.29) is 5.91 Å². The molecule has 6 nitrogen and oxygen atoms in total. The lowest BCUT2D eigenvalue weighted by Crippen LogP contribution is -2.31. The zero-order valence-corrected chi connectivity index (χ0v) is 16.7. The SMILES string of the molecule is CC(CCCC(C)(C)O)NCc1c(C(=O)N2CCCC2)nc2ccccn12. The number of rotatable bonds is 8. The average Bonchev–Trinajstić information content (AvgIpc) is 3.26. The molecule has 1 fully saturated rings. The van der Waals surface area contributed by atoms with Gasteiger partial charge in [-0.1, -0.05) is 6.07 Å². The summed E-state index contributed by atoms with van der Waals surface area (Å²) < 4.78 is 2.01. The predicted molar refractivity (Wildman–Crippen MR) is 107 cm³/mol. The zero-order valence-electron chi connectivity index (χ0n) is 16.7. The first-order valence-electron chi connectivity index (χ1n) is 10.1. The highest BCUT2D eigenvalue weighted by Crippen LogP contribution is 2.19. The van der Waals surface area contributed by atoms with Gasteiger partial charge in [-0.05, 0) is 65.0 Å². The van der Waals surface area contributed by atoms with Gasteiger partial charge in [0.25, 0.3) is 5.91 Å². The Balaban J connectivity index is 1.70. The van der Waals surface area contributed by atoms with Gasteiger partial charge in [-0.3, -0.25) is 4.79 Å². The van der Waals surface area contributed by atoms with Crippen LogP contribution >= 0.6 is 0 Å². The monoisotopic (exact) mass is 372 g/mol. The minimum atomic E-state index is -0.614. The summed E-state index contributed by atoms with van der Waals surface area (Å²) >= 11 is 0. The molecule has 148 valence electrons. The predicted octanol–water partition coefficient (Wildman–Crippen LogP) is 2.99. The third-order valence-electron chi connectivity index (χ3n) is 5.27. The van der Waals surface area contributed by atoms with Crippen LogP contribution in [0, 0.1) is 0 Å². The van der Waals surface area contributed by atoms with Gasteiger partial charge < -0.3 is 19.7 Å². The molecule has 0 saturated carbocycles. The summed E-state index contributed by atoms with van der Waals surface area (Å²) in [5.41, 5.74) is 1.69. The highest BCUT2D eigenvalue weighted by molar-refractivity contribution is 5.94. The van der Waals surface area contributed by atoms with Crippen LogP contribution in [-0.4, -0.2) is 50.0 Å². The fourth-order valence-electron chi connectivity index (χ4n) is 3.67. The first-order valence-corrected chi connectivity index (χ1v) is 10.1. The van der Waals surface area contributed by atoms with Crippen molar-refractivity contribution in [1.82, 2.24) is 19.6 Å². The molecule has 0 bridgehead atoms. The number of amides is 1. The Morgan fingerprint density at radius 2 is 2.07 bits per heavy atom. The molecule has 1 amide bonds. The van der Waals surface area contributed by atoms with Crippen molar-refractivity contribution in [1.29, 1.82) is 0 Å². The number of pyridine rings is 1. The van der Waals surface area contributed by atoms with Gasteiger partial charge in [0.1, 0.15) is 5.65 Å². The van der Waals surface area contributed by atoms with E-state index in [4.69, 9.17) is 0 Å². The summed E-state index contributed by atoms with van der Waals surface area (Å²) in [5.74, 6) is 0.0442. The van der Waals surface area contributed by atoms with Gasteiger partial charge in [0.15, 0.2) is 5.69 Å². The third-order valence-corrected chi connectivity index (χ3v) is 5.27. The average molecular weight is 373 g/mol. The quantitative estimate of drug-likeness (QED) is 0.747. The zero-order chi connectivity index (χ0) is 19.4. The summed E-state index contributed by atoms with van der Waals surface area (Å²) in [5, 5.41) is 13.4. The van der Waals surface area contributed by atoms with Crippen molar-refractivity contribution in [2.75, 3.05) is 13.1 Å². The number of carbonyl (C=O) groups excluding carboxylic acids is 1. The first-order chi connectivity index (χ1) is 12.8. The second-order valence-corrected chi connectivity index (χ2v) is 8.32. The lowest BCUT2D eigenvalue weighted by Gasteiger charge is -2.19. The van der Waals surface area contributed by atoms with Gasteiger partial charge in [0, 0.05) is 31.9 Å². The number of likely N-dealkylation sites (tertiary alicyclic amines) is 1. The van der Waals surface area contributed by atoms with Gasteiger partial charge in [-0.15, -0.1) is 0 Å². The molecular weight excluding hydrogens is 340 g/mol. The molecule has 1 unspecified atom stereocenters. The van der Waals surface area contributed by atoms with Crippen LogP contribution in [0.25, 0.3) is 5.65 Å². The third kappa shape index (κ3) is 5.08. The fourth-order valence-corrected chi connectivity index (χ4v) is 3.67. The van der Waals surface area contributed by atoms with Crippen LogP contribution in [-0.2, 0) is 6.54 Å². The van der Waals surface area contributed by atoms with Crippen LogP contribution < -0.4 is 5.32 Å². The topological polar surface area (TPSA) is 69.9 Å². The minimum Gasteiger partial charge on any atom is -0.390 e. The maximum absolute atomic E-state index is 13.0. The molecule has 6 heteroatoms. The van der Waals surface area contributed by atoms with E-state index in [0.29, 0.717) is 18.3 Å². The van der Waals surface area contributed by atoms with Gasteiger partial charge in [0.2, 0.25) is 0 Å². The molecule has 2 aromatic rings. The van der Waals surface area contributed by atoms with Crippen LogP contribution in [0.4, 0.5) is 0 Å². The molecule has 0 radical (unpaired) electrons. The van der Waals surface area contributed by atoms with Crippen molar-refractivity contribution in [2.24, 2.45) is 0 Å². The largest absolute Gasteiger partial charge is 0.390 e. The minimum absolute atomic E-state index is 0.0442. The van der Waals surface area contributed by atoms with Crippen molar-refractivity contribution < 1.29 is 9.90 Å². The number of hydrogen-bond donors (Lipinski definition) is 2. The van der Waals surface area contributed by atoms with Crippen LogP contribution in [0.2, 0.25) is 0 Å². The number of aliphatic hydroxyl groups is 1. The van der Waals surface area contributed by atoms with Crippen LogP contribution in [0.15, 0.2) is 24.4 Å². The summed E-state index contributed by atoms with van der Waals surface area (Å²) in [7, 11) is 0. The Bertz CT molecular complexity index is 772. The number of carbonyl (C=O) groups is 1. The standard InChI is InChI=1S/C21H32N4O2/c1-16(9-8-11-21(2,3)27)22-15-17-19(20(26)24-12-6-7-13-24)23-18-10-4-5-14-25(17)18/h4-5,10,14,16,22,27H,6-9,11-13,15H2,1-3H3. The fraction of sp³-hybridized carbons (Fsp3) is 0.619. The van der Waals surface area contributed by atoms with E-state index in [2.05, 4.69) is 17.2 Å². The van der Waals surface area contributed by atoms with Crippen molar-refractivity contribution in [3.8, 4) is 0 Å². The molecule has 2 aromatic heterocycles. The Hall–Kier alpha value is -1.92. The van der Waals surface area contributed by atoms with Gasteiger partial charge in [-0.25, -0.2) is 4.98 Å². The molecule has 3 rings (SSSR count). The molecule has 3 heterocycles. The van der Waals surface area contributed by atoms with E-state index < -0.39 is 5.60 Å². The number of imidazole rings is 1. The smallest absolute Gasteiger partial charge is 0.274 e. The highest BCUT2D eigenvalue weighted by atomic mass is 16.3. The van der Waals surface area contributed by atoms with E-state index in [9.17, 15) is 9.90 Å². The van der Waals surface area contributed by atoms with Crippen molar-refractivity contribution in [2.45, 2.75) is 71.1 Å². The summed E-state index contributed by atoms with van der Waals surface area (Å²) in [4.78, 5) is 19.5. The molecule has 1 saturated heterocycles. The van der Waals surface area contributed by atoms with Gasteiger partial charge >= 0.3 is 0 Å². The Morgan fingerprint density at radius 3 is 2.78 bits per heavy atom. The molecule has 1 aliphatic rings. The van der Waals surface area contributed by atoms with Crippen LogP contribution in [0.3, 0.4) is 0 Å². The second kappa shape index (κ2) is 8.40. The Kier molecular flexibility index (Phi) is 6.17. The Morgan fingerprint density at radius 1 is 1.33 bits per heavy atom. The molecule has 2 N–H and O–H groups in total. The van der Waals surface area contributed by atoms with Crippen LogP contribution in [0.5, 0.6) is 0 Å². The van der Waals surface area contributed by atoms with Crippen molar-refractivity contribution in [3.63, 3.8) is 0 Å². The summed E-state index contributed by atoms with van der Waals surface area (Å²) in [6.45, 7) is 8.10. The molecule has 0 aliphatic carbocycles. The molecule has 27 heavy (non-hydrogen) atoms. The van der Waals surface area contributed by atoms with E-state index in [1.807, 2.05) is 47.5 Å². The number of fused-ring (bicyclic) bond motifs is 1. The van der Waals surface area contributed by atoms with E-state index >= 15 is 0 Å². The normalized spacial score (nSPS) is 16.2. The van der Waals surface area contributed by atoms with Crippen LogP contribution in [0.1, 0.15) is 69.1 Å².